The molecule has 4 heteroatoms. The molecule has 0 saturated heterocycles. The van der Waals surface area contributed by atoms with Crippen LogP contribution in [0, 0.1) is 0 Å². The molecule has 18 heavy (non-hydrogen) atoms. The van der Waals surface area contributed by atoms with Gasteiger partial charge in [0.2, 0.25) is 5.91 Å². The number of hydrogen-bond acceptors (Lipinski definition) is 3. The lowest BCUT2D eigenvalue weighted by Crippen LogP contribution is -2.32. The van der Waals surface area contributed by atoms with Crippen LogP contribution in [0.15, 0.2) is 24.3 Å². The van der Waals surface area contributed by atoms with E-state index in [1.54, 1.807) is 12.1 Å². The molecule has 1 aromatic carbocycles. The first-order valence-corrected chi connectivity index (χ1v) is 6.41. The Labute approximate surface area is 107 Å². The quantitative estimate of drug-likeness (QED) is 0.849. The molecule has 1 aliphatic carbocycles. The topological polar surface area (TPSA) is 78.3 Å². The summed E-state index contributed by atoms with van der Waals surface area (Å²) >= 11 is 0. The van der Waals surface area contributed by atoms with Crippen LogP contribution in [0.2, 0.25) is 0 Å². The van der Waals surface area contributed by atoms with Gasteiger partial charge in [0, 0.05) is 11.6 Å². The second-order valence-corrected chi connectivity index (χ2v) is 4.92. The zero-order chi connectivity index (χ0) is 13.0. The van der Waals surface area contributed by atoms with Crippen LogP contribution in [0.1, 0.15) is 41.6 Å². The van der Waals surface area contributed by atoms with E-state index in [0.29, 0.717) is 12.2 Å². The Kier molecular flexibility index (Phi) is 4.33. The predicted octanol–water partition coefficient (Wildman–Crippen LogP) is 1.57. The third-order valence-electron chi connectivity index (χ3n) is 3.39. The molecule has 0 aromatic heterocycles. The minimum atomic E-state index is -0.402. The van der Waals surface area contributed by atoms with Crippen molar-refractivity contribution in [3.8, 4) is 0 Å². The van der Waals surface area contributed by atoms with Crippen molar-refractivity contribution in [2.24, 2.45) is 11.5 Å². The largest absolute Gasteiger partial charge is 0.373 e. The lowest BCUT2D eigenvalue weighted by molar-refractivity contribution is 0.0122. The molecule has 0 spiro atoms. The lowest BCUT2D eigenvalue weighted by Gasteiger charge is -2.26. The van der Waals surface area contributed by atoms with Crippen molar-refractivity contribution >= 4 is 5.91 Å². The van der Waals surface area contributed by atoms with Gasteiger partial charge >= 0.3 is 0 Å². The summed E-state index contributed by atoms with van der Waals surface area (Å²) in [6.07, 6.45) is 4.55. The van der Waals surface area contributed by atoms with Crippen LogP contribution in [-0.2, 0) is 11.3 Å². The first-order valence-electron chi connectivity index (χ1n) is 6.41. The van der Waals surface area contributed by atoms with Crippen molar-refractivity contribution in [1.82, 2.24) is 0 Å². The average molecular weight is 248 g/mol. The van der Waals surface area contributed by atoms with E-state index in [1.165, 1.54) is 0 Å². The molecule has 0 aliphatic heterocycles. The van der Waals surface area contributed by atoms with E-state index in [4.69, 9.17) is 16.2 Å². The van der Waals surface area contributed by atoms with E-state index in [0.717, 1.165) is 31.2 Å². The zero-order valence-corrected chi connectivity index (χ0v) is 10.5. The van der Waals surface area contributed by atoms with Crippen LogP contribution >= 0.6 is 0 Å². The van der Waals surface area contributed by atoms with Crippen molar-refractivity contribution in [3.63, 3.8) is 0 Å². The molecule has 98 valence electrons. The number of carbonyl (C=O) groups excluding carboxylic acids is 1. The zero-order valence-electron chi connectivity index (χ0n) is 10.5. The Morgan fingerprint density at radius 2 is 2.00 bits per heavy atom. The first-order chi connectivity index (χ1) is 8.65. The Morgan fingerprint density at radius 1 is 1.28 bits per heavy atom. The number of rotatable bonds is 4. The van der Waals surface area contributed by atoms with Crippen molar-refractivity contribution in [3.05, 3.63) is 35.4 Å². The molecule has 0 radical (unpaired) electrons. The van der Waals surface area contributed by atoms with Crippen LogP contribution in [-0.4, -0.2) is 18.1 Å². The van der Waals surface area contributed by atoms with E-state index >= 15 is 0 Å². The Bertz CT molecular complexity index is 403. The summed E-state index contributed by atoms with van der Waals surface area (Å²) in [7, 11) is 0. The van der Waals surface area contributed by atoms with Gasteiger partial charge in [-0.2, -0.15) is 0 Å². The highest BCUT2D eigenvalue weighted by Crippen LogP contribution is 2.21. The molecule has 1 aliphatic rings. The monoisotopic (exact) mass is 248 g/mol. The van der Waals surface area contributed by atoms with Gasteiger partial charge in [-0.3, -0.25) is 4.79 Å². The molecule has 4 nitrogen and oxygen atoms in total. The summed E-state index contributed by atoms with van der Waals surface area (Å²) < 4.78 is 5.84. The minimum Gasteiger partial charge on any atom is -0.373 e. The van der Waals surface area contributed by atoms with Crippen LogP contribution in [0.5, 0.6) is 0 Å². The van der Waals surface area contributed by atoms with Crippen molar-refractivity contribution < 1.29 is 9.53 Å². The minimum absolute atomic E-state index is 0.268. The van der Waals surface area contributed by atoms with Crippen molar-refractivity contribution in [2.45, 2.75) is 44.4 Å². The van der Waals surface area contributed by atoms with Gasteiger partial charge in [0.15, 0.2) is 0 Å². The maximum atomic E-state index is 10.9. The highest BCUT2D eigenvalue weighted by atomic mass is 16.5. The number of benzene rings is 1. The number of amides is 1. The SMILES string of the molecule is NC(=O)c1ccc(COC2CCCC(N)C2)cc1. The van der Waals surface area contributed by atoms with E-state index in [1.807, 2.05) is 12.1 Å². The molecule has 1 fully saturated rings. The summed E-state index contributed by atoms with van der Waals surface area (Å²) in [6, 6.07) is 7.49. The fourth-order valence-corrected chi connectivity index (χ4v) is 2.31. The smallest absolute Gasteiger partial charge is 0.248 e. The summed E-state index contributed by atoms with van der Waals surface area (Å²) in [5.41, 5.74) is 12.7. The number of ether oxygens (including phenoxy) is 1. The van der Waals surface area contributed by atoms with E-state index in [2.05, 4.69) is 0 Å². The normalized spacial score (nSPS) is 23.8. The molecule has 1 amide bonds. The second kappa shape index (κ2) is 5.98. The van der Waals surface area contributed by atoms with Crippen molar-refractivity contribution in [2.75, 3.05) is 0 Å². The summed E-state index contributed by atoms with van der Waals surface area (Å²) in [5.74, 6) is -0.402. The van der Waals surface area contributed by atoms with Gasteiger partial charge in [-0.15, -0.1) is 0 Å². The Morgan fingerprint density at radius 3 is 2.61 bits per heavy atom. The highest BCUT2D eigenvalue weighted by molar-refractivity contribution is 5.92. The highest BCUT2D eigenvalue weighted by Gasteiger charge is 2.19. The predicted molar refractivity (Wildman–Crippen MR) is 70.0 cm³/mol. The number of primary amides is 1. The van der Waals surface area contributed by atoms with Crippen LogP contribution in [0.3, 0.4) is 0 Å². The van der Waals surface area contributed by atoms with Gasteiger partial charge in [-0.05, 0) is 43.4 Å². The van der Waals surface area contributed by atoms with Gasteiger partial charge in [0.05, 0.1) is 12.7 Å². The van der Waals surface area contributed by atoms with E-state index < -0.39 is 5.91 Å². The number of nitrogens with two attached hydrogens (primary N) is 2. The van der Waals surface area contributed by atoms with Crippen LogP contribution in [0.4, 0.5) is 0 Å². The molecular formula is C14H20N2O2. The summed E-state index contributed by atoms with van der Waals surface area (Å²) in [4.78, 5) is 10.9. The molecule has 2 rings (SSSR count). The van der Waals surface area contributed by atoms with Gasteiger partial charge in [0.25, 0.3) is 0 Å². The fraction of sp³-hybridized carbons (Fsp3) is 0.500. The molecule has 0 heterocycles. The third kappa shape index (κ3) is 3.55. The van der Waals surface area contributed by atoms with Crippen LogP contribution < -0.4 is 11.5 Å². The Hall–Kier alpha value is -1.39. The van der Waals surface area contributed by atoms with E-state index in [-0.39, 0.29) is 12.1 Å². The van der Waals surface area contributed by atoms with E-state index in [9.17, 15) is 4.79 Å². The van der Waals surface area contributed by atoms with Gasteiger partial charge in [0.1, 0.15) is 0 Å². The molecule has 2 unspecified atom stereocenters. The molecule has 0 bridgehead atoms. The standard InChI is InChI=1S/C14H20N2O2/c15-12-2-1-3-13(8-12)18-9-10-4-6-11(7-5-10)14(16)17/h4-7,12-13H,1-3,8-9,15H2,(H2,16,17). The molecular weight excluding hydrogens is 228 g/mol. The molecule has 2 atom stereocenters. The van der Waals surface area contributed by atoms with Crippen LogP contribution in [0.25, 0.3) is 0 Å². The molecule has 4 N–H and O–H groups in total. The average Bonchev–Trinajstić information content (AvgIpc) is 2.37. The van der Waals surface area contributed by atoms with Crippen molar-refractivity contribution in [1.29, 1.82) is 0 Å². The van der Waals surface area contributed by atoms with Gasteiger partial charge in [-0.1, -0.05) is 12.1 Å². The molecule has 1 saturated carbocycles. The first kappa shape index (κ1) is 13.1. The lowest BCUT2D eigenvalue weighted by atomic mass is 9.93. The second-order valence-electron chi connectivity index (χ2n) is 4.92. The molecule has 1 aromatic rings. The maximum absolute atomic E-state index is 10.9. The maximum Gasteiger partial charge on any atom is 0.248 e. The number of carbonyl (C=O) groups is 1. The van der Waals surface area contributed by atoms with Gasteiger partial charge < -0.3 is 16.2 Å². The van der Waals surface area contributed by atoms with Gasteiger partial charge in [-0.25, -0.2) is 0 Å². The summed E-state index contributed by atoms with van der Waals surface area (Å²) in [6.45, 7) is 0.566. The number of hydrogen-bond donors (Lipinski definition) is 2. The third-order valence-corrected chi connectivity index (χ3v) is 3.39. The Balaban J connectivity index is 1.84. The summed E-state index contributed by atoms with van der Waals surface area (Å²) in [5, 5.41) is 0. The fourth-order valence-electron chi connectivity index (χ4n) is 2.31.